The van der Waals surface area contributed by atoms with E-state index < -0.39 is 0 Å². The van der Waals surface area contributed by atoms with Crippen molar-refractivity contribution in [2.75, 3.05) is 18.5 Å². The number of aromatic nitrogens is 2. The van der Waals surface area contributed by atoms with Gasteiger partial charge < -0.3 is 10.1 Å². The van der Waals surface area contributed by atoms with Crippen LogP contribution in [0, 0.1) is 12.3 Å². The highest BCUT2D eigenvalue weighted by Crippen LogP contribution is 2.17. The summed E-state index contributed by atoms with van der Waals surface area (Å²) in [5, 5.41) is 3.29. The molecule has 0 bridgehead atoms. The zero-order valence-electron chi connectivity index (χ0n) is 10.8. The van der Waals surface area contributed by atoms with Crippen LogP contribution in [-0.2, 0) is 0 Å². The minimum absolute atomic E-state index is 0.227. The van der Waals surface area contributed by atoms with E-state index in [-0.39, 0.29) is 5.41 Å². The molecule has 0 fully saturated rings. The number of rotatable bonds is 4. The molecule has 0 unspecified atom stereocenters. The molecule has 1 N–H and O–H groups in total. The van der Waals surface area contributed by atoms with Crippen molar-refractivity contribution in [3.05, 3.63) is 11.9 Å². The van der Waals surface area contributed by atoms with Gasteiger partial charge in [-0.25, -0.2) is 4.98 Å². The summed E-state index contributed by atoms with van der Waals surface area (Å²) in [4.78, 5) is 8.51. The van der Waals surface area contributed by atoms with E-state index in [9.17, 15) is 0 Å². The molecule has 0 aromatic carbocycles. The minimum atomic E-state index is 0.227. The first-order chi connectivity index (χ1) is 7.40. The van der Waals surface area contributed by atoms with Gasteiger partial charge >= 0.3 is 0 Å². The lowest BCUT2D eigenvalue weighted by molar-refractivity contribution is 0.325. The van der Waals surface area contributed by atoms with Crippen molar-refractivity contribution in [3.8, 4) is 5.88 Å². The van der Waals surface area contributed by atoms with E-state index in [4.69, 9.17) is 4.74 Å². The Morgan fingerprint density at radius 2 is 2.00 bits per heavy atom. The first kappa shape index (κ1) is 12.7. The van der Waals surface area contributed by atoms with Gasteiger partial charge in [0.1, 0.15) is 11.6 Å². The molecule has 4 heteroatoms. The molecule has 1 aromatic rings. The van der Waals surface area contributed by atoms with Crippen molar-refractivity contribution in [3.63, 3.8) is 0 Å². The SMILES string of the molecule is CCOc1cc(NCC(C)(C)C)nc(C)n1. The molecule has 16 heavy (non-hydrogen) atoms. The fourth-order valence-corrected chi connectivity index (χ4v) is 1.21. The zero-order chi connectivity index (χ0) is 12.2. The second kappa shape index (κ2) is 5.14. The number of ether oxygens (including phenoxy) is 1. The maximum Gasteiger partial charge on any atom is 0.218 e. The maximum absolute atomic E-state index is 5.37. The van der Waals surface area contributed by atoms with Gasteiger partial charge in [-0.05, 0) is 19.3 Å². The van der Waals surface area contributed by atoms with Crippen molar-refractivity contribution in [2.45, 2.75) is 34.6 Å². The smallest absolute Gasteiger partial charge is 0.218 e. The van der Waals surface area contributed by atoms with Gasteiger partial charge in [-0.1, -0.05) is 20.8 Å². The number of hydrogen-bond acceptors (Lipinski definition) is 4. The number of nitrogens with one attached hydrogen (secondary N) is 1. The highest BCUT2D eigenvalue weighted by molar-refractivity contribution is 5.38. The summed E-state index contributed by atoms with van der Waals surface area (Å²) in [6, 6.07) is 1.84. The molecule has 0 amide bonds. The molecule has 1 heterocycles. The molecule has 4 nitrogen and oxygen atoms in total. The summed E-state index contributed by atoms with van der Waals surface area (Å²) < 4.78 is 5.37. The fraction of sp³-hybridized carbons (Fsp3) is 0.667. The third-order valence-electron chi connectivity index (χ3n) is 1.91. The zero-order valence-corrected chi connectivity index (χ0v) is 10.8. The monoisotopic (exact) mass is 223 g/mol. The fourth-order valence-electron chi connectivity index (χ4n) is 1.21. The van der Waals surface area contributed by atoms with Gasteiger partial charge in [0.05, 0.1) is 6.61 Å². The van der Waals surface area contributed by atoms with Crippen LogP contribution in [-0.4, -0.2) is 23.1 Å². The summed E-state index contributed by atoms with van der Waals surface area (Å²) in [6.45, 7) is 11.8. The Morgan fingerprint density at radius 3 is 2.56 bits per heavy atom. The van der Waals surface area contributed by atoms with E-state index in [2.05, 4.69) is 36.1 Å². The molecule has 1 aromatic heterocycles. The Morgan fingerprint density at radius 1 is 1.31 bits per heavy atom. The second-order valence-corrected chi connectivity index (χ2v) is 4.99. The lowest BCUT2D eigenvalue weighted by Gasteiger charge is -2.19. The van der Waals surface area contributed by atoms with Crippen LogP contribution in [0.2, 0.25) is 0 Å². The summed E-state index contributed by atoms with van der Waals surface area (Å²) in [6.07, 6.45) is 0. The number of hydrogen-bond donors (Lipinski definition) is 1. The highest BCUT2D eigenvalue weighted by atomic mass is 16.5. The van der Waals surface area contributed by atoms with Gasteiger partial charge in [-0.2, -0.15) is 4.98 Å². The summed E-state index contributed by atoms with van der Waals surface area (Å²) in [7, 11) is 0. The average Bonchev–Trinajstić information content (AvgIpc) is 2.13. The van der Waals surface area contributed by atoms with E-state index in [1.807, 2.05) is 19.9 Å². The van der Waals surface area contributed by atoms with E-state index >= 15 is 0 Å². The normalized spacial score (nSPS) is 11.3. The first-order valence-corrected chi connectivity index (χ1v) is 5.63. The molecule has 0 aliphatic rings. The van der Waals surface area contributed by atoms with Crippen molar-refractivity contribution in [2.24, 2.45) is 5.41 Å². The van der Waals surface area contributed by atoms with Crippen LogP contribution in [0.4, 0.5) is 5.82 Å². The van der Waals surface area contributed by atoms with Gasteiger partial charge in [-0.3, -0.25) is 0 Å². The molecule has 90 valence electrons. The van der Waals surface area contributed by atoms with Crippen LogP contribution >= 0.6 is 0 Å². The van der Waals surface area contributed by atoms with Gasteiger partial charge in [0.25, 0.3) is 0 Å². The summed E-state index contributed by atoms with van der Waals surface area (Å²) in [5.74, 6) is 2.18. The van der Waals surface area contributed by atoms with Crippen molar-refractivity contribution < 1.29 is 4.74 Å². The van der Waals surface area contributed by atoms with E-state index in [0.29, 0.717) is 12.5 Å². The van der Waals surface area contributed by atoms with Crippen LogP contribution in [0.25, 0.3) is 0 Å². The maximum atomic E-state index is 5.37. The Hall–Kier alpha value is -1.32. The molecular formula is C12H21N3O. The Bertz CT molecular complexity index is 345. The molecule has 0 radical (unpaired) electrons. The number of anilines is 1. The predicted molar refractivity (Wildman–Crippen MR) is 65.9 cm³/mol. The molecular weight excluding hydrogens is 202 g/mol. The van der Waals surface area contributed by atoms with Gasteiger partial charge in [0, 0.05) is 12.6 Å². The summed E-state index contributed by atoms with van der Waals surface area (Å²) >= 11 is 0. The summed E-state index contributed by atoms with van der Waals surface area (Å²) in [5.41, 5.74) is 0.227. The molecule has 0 saturated heterocycles. The average molecular weight is 223 g/mol. The third kappa shape index (κ3) is 4.47. The lowest BCUT2D eigenvalue weighted by atomic mass is 9.97. The predicted octanol–water partition coefficient (Wildman–Crippen LogP) is 2.64. The minimum Gasteiger partial charge on any atom is -0.478 e. The lowest BCUT2D eigenvalue weighted by Crippen LogP contribution is -2.19. The topological polar surface area (TPSA) is 47.0 Å². The molecule has 0 spiro atoms. The van der Waals surface area contributed by atoms with Crippen molar-refractivity contribution in [1.82, 2.24) is 9.97 Å². The van der Waals surface area contributed by atoms with E-state index in [1.54, 1.807) is 0 Å². The Balaban J connectivity index is 2.72. The van der Waals surface area contributed by atoms with Gasteiger partial charge in [0.15, 0.2) is 0 Å². The largest absolute Gasteiger partial charge is 0.478 e. The van der Waals surface area contributed by atoms with Crippen molar-refractivity contribution >= 4 is 5.82 Å². The van der Waals surface area contributed by atoms with Crippen molar-refractivity contribution in [1.29, 1.82) is 0 Å². The molecule has 1 rings (SSSR count). The quantitative estimate of drug-likeness (QED) is 0.852. The Kier molecular flexibility index (Phi) is 4.10. The molecule has 0 aliphatic carbocycles. The second-order valence-electron chi connectivity index (χ2n) is 4.99. The standard InChI is InChI=1S/C12H21N3O/c1-6-16-11-7-10(14-9(2)15-11)13-8-12(3,4)5/h7H,6,8H2,1-5H3,(H,13,14,15). The number of aryl methyl sites for hydroxylation is 1. The van der Waals surface area contributed by atoms with Crippen LogP contribution < -0.4 is 10.1 Å². The van der Waals surface area contributed by atoms with Gasteiger partial charge in [-0.15, -0.1) is 0 Å². The first-order valence-electron chi connectivity index (χ1n) is 5.63. The molecule has 0 atom stereocenters. The third-order valence-corrected chi connectivity index (χ3v) is 1.91. The Labute approximate surface area is 97.5 Å². The number of nitrogens with zero attached hydrogens (tertiary/aromatic N) is 2. The molecule has 0 aliphatic heterocycles. The van der Waals surface area contributed by atoms with E-state index in [1.165, 1.54) is 0 Å². The van der Waals surface area contributed by atoms with Crippen LogP contribution in [0.15, 0.2) is 6.07 Å². The van der Waals surface area contributed by atoms with Crippen LogP contribution in [0.3, 0.4) is 0 Å². The van der Waals surface area contributed by atoms with E-state index in [0.717, 1.165) is 18.2 Å². The van der Waals surface area contributed by atoms with Crippen LogP contribution in [0.1, 0.15) is 33.5 Å². The van der Waals surface area contributed by atoms with Crippen LogP contribution in [0.5, 0.6) is 5.88 Å². The van der Waals surface area contributed by atoms with Gasteiger partial charge in [0.2, 0.25) is 5.88 Å². The highest BCUT2D eigenvalue weighted by Gasteiger charge is 2.10. The molecule has 0 saturated carbocycles.